The van der Waals surface area contributed by atoms with Gasteiger partial charge in [0.2, 0.25) is 0 Å². The third-order valence-corrected chi connectivity index (χ3v) is 3.58. The number of rotatable bonds is 1. The van der Waals surface area contributed by atoms with Crippen LogP contribution in [0.15, 0.2) is 0 Å². The van der Waals surface area contributed by atoms with Crippen molar-refractivity contribution in [2.45, 2.75) is 21.4 Å². The Balaban J connectivity index is 0. The maximum absolute atomic E-state index is 9.08. The SMILES string of the molecule is CC(C)(O)C(I)I.[TeH2]. The fourth-order valence-corrected chi connectivity index (χ4v) is 0. The van der Waals surface area contributed by atoms with E-state index < -0.39 is 5.60 Å². The number of halogens is 2. The molecule has 0 unspecified atom stereocenters. The van der Waals surface area contributed by atoms with Crippen LogP contribution in [0.3, 0.4) is 0 Å². The molecule has 0 amide bonds. The second kappa shape index (κ2) is 4.94. The molecule has 52 valence electrons. The van der Waals surface area contributed by atoms with Crippen molar-refractivity contribution in [3.63, 3.8) is 0 Å². The third-order valence-electron chi connectivity index (χ3n) is 0.534. The van der Waals surface area contributed by atoms with Crippen LogP contribution in [0.2, 0.25) is 0 Å². The van der Waals surface area contributed by atoms with Gasteiger partial charge in [-0.3, -0.25) is 0 Å². The van der Waals surface area contributed by atoms with Gasteiger partial charge >= 0.3 is 23.7 Å². The molecule has 0 aliphatic heterocycles. The summed E-state index contributed by atoms with van der Waals surface area (Å²) >= 11 is 4.37. The van der Waals surface area contributed by atoms with Gasteiger partial charge in [0.1, 0.15) is 0 Å². The third kappa shape index (κ3) is 6.33. The van der Waals surface area contributed by atoms with Crippen molar-refractivity contribution >= 4 is 68.8 Å². The van der Waals surface area contributed by atoms with Crippen molar-refractivity contribution in [3.8, 4) is 0 Å². The van der Waals surface area contributed by atoms with Gasteiger partial charge in [-0.25, -0.2) is 0 Å². The Labute approximate surface area is 94.0 Å². The van der Waals surface area contributed by atoms with Gasteiger partial charge in [-0.05, 0) is 13.8 Å². The second-order valence-electron chi connectivity index (χ2n) is 1.95. The van der Waals surface area contributed by atoms with E-state index in [1.165, 1.54) is 0 Å². The summed E-state index contributed by atoms with van der Waals surface area (Å²) in [6, 6.07) is 0. The Morgan fingerprint density at radius 2 is 1.50 bits per heavy atom. The molecular formula is C4H10I2OTe. The van der Waals surface area contributed by atoms with Crippen molar-refractivity contribution in [1.29, 1.82) is 0 Å². The van der Waals surface area contributed by atoms with Gasteiger partial charge in [-0.1, -0.05) is 45.2 Å². The van der Waals surface area contributed by atoms with Gasteiger partial charge in [-0.15, -0.1) is 0 Å². The molecule has 0 aromatic heterocycles. The second-order valence-corrected chi connectivity index (χ2v) is 6.83. The molecule has 0 saturated carbocycles. The van der Waals surface area contributed by atoms with E-state index in [9.17, 15) is 0 Å². The average molecular weight is 456 g/mol. The number of alkyl halides is 2. The molecule has 0 heterocycles. The van der Waals surface area contributed by atoms with Gasteiger partial charge in [0.25, 0.3) is 0 Å². The van der Waals surface area contributed by atoms with Gasteiger partial charge in [-0.2, -0.15) is 0 Å². The van der Waals surface area contributed by atoms with Crippen molar-refractivity contribution < 1.29 is 5.11 Å². The van der Waals surface area contributed by atoms with Crippen LogP contribution in [0.5, 0.6) is 0 Å². The average Bonchev–Trinajstić information content (AvgIpc) is 1.31. The van der Waals surface area contributed by atoms with Crippen LogP contribution in [0.1, 0.15) is 13.8 Å². The van der Waals surface area contributed by atoms with E-state index in [1.807, 2.05) is 0 Å². The van der Waals surface area contributed by atoms with E-state index in [1.54, 1.807) is 13.8 Å². The summed E-state index contributed by atoms with van der Waals surface area (Å²) in [4.78, 5) is 0. The number of hydrogen-bond donors (Lipinski definition) is 1. The molecule has 0 aromatic rings. The first-order chi connectivity index (χ1) is 2.94. The van der Waals surface area contributed by atoms with Crippen LogP contribution in [-0.4, -0.2) is 36.3 Å². The number of aliphatic hydroxyl groups is 1. The summed E-state index contributed by atoms with van der Waals surface area (Å²) in [7, 11) is 0. The molecule has 0 saturated heterocycles. The molecule has 0 radical (unpaired) electrons. The van der Waals surface area contributed by atoms with E-state index >= 15 is 0 Å². The molecule has 0 spiro atoms. The van der Waals surface area contributed by atoms with Gasteiger partial charge in [0.05, 0.1) is 7.53 Å². The molecular weight excluding hydrogens is 445 g/mol. The van der Waals surface area contributed by atoms with Crippen LogP contribution in [0, 0.1) is 0 Å². The monoisotopic (exact) mass is 458 g/mol. The molecule has 0 bridgehead atoms. The van der Waals surface area contributed by atoms with Crippen molar-refractivity contribution in [3.05, 3.63) is 0 Å². The minimum absolute atomic E-state index is 0. The molecule has 1 N–H and O–H groups in total. The standard InChI is InChI=1S/C4H8I2O.H2Te/c1-4(2,7)3(5)6;/h3,7H,1-2H3;1H2. The predicted octanol–water partition coefficient (Wildman–Crippen LogP) is 1.04. The minimum atomic E-state index is -0.527. The molecule has 4 heteroatoms. The first-order valence-electron chi connectivity index (χ1n) is 1.95. The fourth-order valence-electron chi connectivity index (χ4n) is 0. The molecule has 8 heavy (non-hydrogen) atoms. The Hall–Kier alpha value is 2.21. The molecule has 1 nitrogen and oxygen atoms in total. The van der Waals surface area contributed by atoms with E-state index in [4.69, 9.17) is 5.11 Å². The van der Waals surface area contributed by atoms with Crippen LogP contribution in [0.4, 0.5) is 0 Å². The van der Waals surface area contributed by atoms with Crippen molar-refractivity contribution in [2.24, 2.45) is 0 Å². The predicted molar refractivity (Wildman–Crippen MR) is 56.7 cm³/mol. The molecule has 0 rings (SSSR count). The van der Waals surface area contributed by atoms with Gasteiger partial charge in [0, 0.05) is 0 Å². The zero-order valence-corrected chi connectivity index (χ0v) is 11.9. The van der Waals surface area contributed by atoms with Crippen molar-refractivity contribution in [1.82, 2.24) is 0 Å². The molecule has 0 fully saturated rings. The molecule has 0 aromatic carbocycles. The van der Waals surface area contributed by atoms with Gasteiger partial charge in [0.15, 0.2) is 0 Å². The topological polar surface area (TPSA) is 20.2 Å². The summed E-state index contributed by atoms with van der Waals surface area (Å²) < 4.78 is 0.294. The summed E-state index contributed by atoms with van der Waals surface area (Å²) in [6.07, 6.45) is 0. The van der Waals surface area contributed by atoms with E-state index in [0.29, 0.717) is 1.93 Å². The maximum atomic E-state index is 9.08. The summed E-state index contributed by atoms with van der Waals surface area (Å²) in [5.41, 5.74) is -0.527. The van der Waals surface area contributed by atoms with Crippen LogP contribution < -0.4 is 0 Å². The van der Waals surface area contributed by atoms with Crippen LogP contribution >= 0.6 is 45.2 Å². The fraction of sp³-hybridized carbons (Fsp3) is 1.00. The van der Waals surface area contributed by atoms with Gasteiger partial charge < -0.3 is 5.11 Å². The van der Waals surface area contributed by atoms with Crippen LogP contribution in [0.25, 0.3) is 0 Å². The zero-order chi connectivity index (χ0) is 6.08. The van der Waals surface area contributed by atoms with E-state index in [-0.39, 0.29) is 23.7 Å². The van der Waals surface area contributed by atoms with E-state index in [2.05, 4.69) is 45.2 Å². The molecule has 0 aliphatic carbocycles. The van der Waals surface area contributed by atoms with Crippen LogP contribution in [-0.2, 0) is 0 Å². The first-order valence-corrected chi connectivity index (χ1v) is 4.44. The Kier molecular flexibility index (Phi) is 7.93. The Morgan fingerprint density at radius 1 is 1.38 bits per heavy atom. The Morgan fingerprint density at radius 3 is 1.50 bits per heavy atom. The zero-order valence-electron chi connectivity index (χ0n) is 4.78. The summed E-state index contributed by atoms with van der Waals surface area (Å²) in [6.45, 7) is 3.60. The molecule has 0 aliphatic rings. The molecule has 0 atom stereocenters. The normalized spacial score (nSPS) is 11.2. The summed E-state index contributed by atoms with van der Waals surface area (Å²) in [5, 5.41) is 9.08. The van der Waals surface area contributed by atoms with E-state index in [0.717, 1.165) is 0 Å². The Bertz CT molecular complexity index is 59.5. The quantitative estimate of drug-likeness (QED) is 0.356. The summed E-state index contributed by atoms with van der Waals surface area (Å²) in [5.74, 6) is 0. The number of hydrogen-bond acceptors (Lipinski definition) is 1. The first kappa shape index (κ1) is 12.8. The van der Waals surface area contributed by atoms with Crippen molar-refractivity contribution in [2.75, 3.05) is 0 Å².